The molecule has 0 aliphatic heterocycles. The quantitative estimate of drug-likeness (QED) is 0.601. The van der Waals surface area contributed by atoms with Gasteiger partial charge >= 0.3 is 5.97 Å². The molecule has 0 radical (unpaired) electrons. The van der Waals surface area contributed by atoms with Crippen LogP contribution in [0.4, 0.5) is 0 Å². The predicted molar refractivity (Wildman–Crippen MR) is 71.5 cm³/mol. The smallest absolute Gasteiger partial charge is 0.307 e. The van der Waals surface area contributed by atoms with E-state index in [1.54, 1.807) is 18.0 Å². The molecule has 0 aliphatic carbocycles. The van der Waals surface area contributed by atoms with Gasteiger partial charge in [0.1, 0.15) is 12.3 Å². The molecule has 0 aliphatic rings. The van der Waals surface area contributed by atoms with Gasteiger partial charge in [-0.3, -0.25) is 4.79 Å². The van der Waals surface area contributed by atoms with Crippen LogP contribution in [0.1, 0.15) is 12.1 Å². The standard InChI is InChI=1S/C12H12N2O2S2/c15-12(16-9-10-8-13-18-14-10)6-7-17-11-4-2-1-3-5-11/h1-5,8H,6-7,9H2. The van der Waals surface area contributed by atoms with Crippen LogP contribution < -0.4 is 0 Å². The van der Waals surface area contributed by atoms with Gasteiger partial charge in [0.05, 0.1) is 24.3 Å². The monoisotopic (exact) mass is 280 g/mol. The lowest BCUT2D eigenvalue weighted by molar-refractivity contribution is -0.144. The molecule has 0 saturated heterocycles. The fraction of sp³-hybridized carbons (Fsp3) is 0.250. The van der Waals surface area contributed by atoms with E-state index in [4.69, 9.17) is 4.74 Å². The number of nitrogens with zero attached hydrogens (tertiary/aromatic N) is 2. The van der Waals surface area contributed by atoms with E-state index in [0.29, 0.717) is 12.1 Å². The van der Waals surface area contributed by atoms with E-state index >= 15 is 0 Å². The van der Waals surface area contributed by atoms with Crippen LogP contribution in [0.2, 0.25) is 0 Å². The molecule has 0 amide bonds. The van der Waals surface area contributed by atoms with Gasteiger partial charge in [0.2, 0.25) is 0 Å². The third-order valence-electron chi connectivity index (χ3n) is 2.11. The lowest BCUT2D eigenvalue weighted by Gasteiger charge is -2.02. The minimum absolute atomic E-state index is 0.202. The summed E-state index contributed by atoms with van der Waals surface area (Å²) < 4.78 is 12.9. The van der Waals surface area contributed by atoms with Gasteiger partial charge in [0.15, 0.2) is 0 Å². The van der Waals surface area contributed by atoms with Crippen molar-refractivity contribution in [2.24, 2.45) is 0 Å². The van der Waals surface area contributed by atoms with Gasteiger partial charge in [-0.1, -0.05) is 18.2 Å². The summed E-state index contributed by atoms with van der Waals surface area (Å²) in [6.07, 6.45) is 2.01. The highest BCUT2D eigenvalue weighted by molar-refractivity contribution is 7.99. The number of carbonyl (C=O) groups is 1. The number of hydrogen-bond acceptors (Lipinski definition) is 6. The molecule has 0 fully saturated rings. The molecule has 18 heavy (non-hydrogen) atoms. The van der Waals surface area contributed by atoms with Crippen LogP contribution in [0.25, 0.3) is 0 Å². The number of rotatable bonds is 6. The third-order valence-corrected chi connectivity index (χ3v) is 3.64. The lowest BCUT2D eigenvalue weighted by Crippen LogP contribution is -2.05. The molecule has 1 aromatic heterocycles. The van der Waals surface area contributed by atoms with Crippen LogP contribution in [0.15, 0.2) is 41.4 Å². The molecule has 0 saturated carbocycles. The first-order valence-electron chi connectivity index (χ1n) is 5.44. The topological polar surface area (TPSA) is 52.1 Å². The van der Waals surface area contributed by atoms with Crippen molar-refractivity contribution in [1.29, 1.82) is 0 Å². The van der Waals surface area contributed by atoms with Crippen molar-refractivity contribution in [2.45, 2.75) is 17.9 Å². The van der Waals surface area contributed by atoms with E-state index in [9.17, 15) is 4.79 Å². The first kappa shape index (κ1) is 13.0. The molecule has 6 heteroatoms. The largest absolute Gasteiger partial charge is 0.459 e. The Morgan fingerprint density at radius 2 is 2.17 bits per heavy atom. The molecule has 1 heterocycles. The molecule has 0 spiro atoms. The second-order valence-electron chi connectivity index (χ2n) is 3.47. The Bertz CT molecular complexity index is 474. The number of benzene rings is 1. The van der Waals surface area contributed by atoms with Crippen molar-refractivity contribution in [3.63, 3.8) is 0 Å². The van der Waals surface area contributed by atoms with Crippen molar-refractivity contribution < 1.29 is 9.53 Å². The van der Waals surface area contributed by atoms with E-state index < -0.39 is 0 Å². The summed E-state index contributed by atoms with van der Waals surface area (Å²) in [5.74, 6) is 0.518. The summed E-state index contributed by atoms with van der Waals surface area (Å²) in [5, 5.41) is 0. The van der Waals surface area contributed by atoms with Crippen LogP contribution in [0.3, 0.4) is 0 Å². The average Bonchev–Trinajstić information content (AvgIpc) is 2.91. The highest BCUT2D eigenvalue weighted by atomic mass is 32.2. The molecule has 4 nitrogen and oxygen atoms in total. The molecule has 2 aromatic rings. The van der Waals surface area contributed by atoms with E-state index in [2.05, 4.69) is 8.75 Å². The highest BCUT2D eigenvalue weighted by Crippen LogP contribution is 2.17. The maximum absolute atomic E-state index is 11.4. The molecular formula is C12H12N2O2S2. The normalized spacial score (nSPS) is 10.2. The Kier molecular flexibility index (Phi) is 5.16. The van der Waals surface area contributed by atoms with Crippen LogP contribution in [0, 0.1) is 0 Å². The third kappa shape index (κ3) is 4.46. The minimum atomic E-state index is -0.202. The van der Waals surface area contributed by atoms with Crippen molar-refractivity contribution >= 4 is 29.5 Å². The van der Waals surface area contributed by atoms with Crippen LogP contribution in [-0.4, -0.2) is 20.5 Å². The van der Waals surface area contributed by atoms with Crippen molar-refractivity contribution in [2.75, 3.05) is 5.75 Å². The number of esters is 1. The van der Waals surface area contributed by atoms with E-state index in [-0.39, 0.29) is 12.6 Å². The average molecular weight is 280 g/mol. The molecule has 94 valence electrons. The summed E-state index contributed by atoms with van der Waals surface area (Å²) in [4.78, 5) is 12.6. The highest BCUT2D eigenvalue weighted by Gasteiger charge is 2.05. The second kappa shape index (κ2) is 7.13. The van der Waals surface area contributed by atoms with E-state index in [1.165, 1.54) is 0 Å². The Morgan fingerprint density at radius 1 is 1.33 bits per heavy atom. The molecule has 1 aromatic carbocycles. The summed E-state index contributed by atoms with van der Waals surface area (Å²) in [6, 6.07) is 9.99. The molecule has 0 bridgehead atoms. The number of ether oxygens (including phenoxy) is 1. The zero-order valence-electron chi connectivity index (χ0n) is 9.61. The number of thioether (sulfide) groups is 1. The van der Waals surface area contributed by atoms with Crippen LogP contribution in [0.5, 0.6) is 0 Å². The maximum Gasteiger partial charge on any atom is 0.307 e. The minimum Gasteiger partial charge on any atom is -0.459 e. The zero-order valence-corrected chi connectivity index (χ0v) is 11.2. The van der Waals surface area contributed by atoms with Gasteiger partial charge in [0.25, 0.3) is 0 Å². The van der Waals surface area contributed by atoms with Crippen molar-refractivity contribution in [3.8, 4) is 0 Å². The first-order valence-corrected chi connectivity index (χ1v) is 7.16. The molecule has 2 rings (SSSR count). The van der Waals surface area contributed by atoms with Gasteiger partial charge in [0, 0.05) is 10.6 Å². The molecule has 0 unspecified atom stereocenters. The van der Waals surface area contributed by atoms with Gasteiger partial charge in [-0.15, -0.1) is 11.8 Å². The first-order chi connectivity index (χ1) is 8.84. The fourth-order valence-electron chi connectivity index (χ4n) is 1.24. The van der Waals surface area contributed by atoms with Crippen LogP contribution in [-0.2, 0) is 16.1 Å². The maximum atomic E-state index is 11.4. The van der Waals surface area contributed by atoms with Gasteiger partial charge in [-0.05, 0) is 12.1 Å². The zero-order chi connectivity index (χ0) is 12.6. The Balaban J connectivity index is 1.63. The SMILES string of the molecule is O=C(CCSc1ccccc1)OCc1cnsn1. The second-order valence-corrected chi connectivity index (χ2v) is 5.20. The number of carbonyl (C=O) groups excluding carboxylic acids is 1. The molecule has 0 atom stereocenters. The van der Waals surface area contributed by atoms with Gasteiger partial charge in [-0.25, -0.2) is 0 Å². The summed E-state index contributed by atoms with van der Waals surface area (Å²) >= 11 is 2.76. The van der Waals surface area contributed by atoms with Crippen LogP contribution >= 0.6 is 23.5 Å². The van der Waals surface area contributed by atoms with E-state index in [0.717, 1.165) is 22.4 Å². The Hall–Kier alpha value is -1.40. The Morgan fingerprint density at radius 3 is 2.89 bits per heavy atom. The van der Waals surface area contributed by atoms with E-state index in [1.807, 2.05) is 30.3 Å². The molecule has 0 N–H and O–H groups in total. The summed E-state index contributed by atoms with van der Waals surface area (Å²) in [7, 11) is 0. The van der Waals surface area contributed by atoms with Crippen molar-refractivity contribution in [3.05, 3.63) is 42.2 Å². The summed E-state index contributed by atoms with van der Waals surface area (Å²) in [5.41, 5.74) is 0.698. The fourth-order valence-corrected chi connectivity index (χ4v) is 2.52. The molecular weight excluding hydrogens is 268 g/mol. The number of hydrogen-bond donors (Lipinski definition) is 0. The van der Waals surface area contributed by atoms with Gasteiger partial charge in [-0.2, -0.15) is 8.75 Å². The lowest BCUT2D eigenvalue weighted by atomic mass is 10.4. The summed E-state index contributed by atoms with van der Waals surface area (Å²) in [6.45, 7) is 0.214. The number of aromatic nitrogens is 2. The van der Waals surface area contributed by atoms with Gasteiger partial charge < -0.3 is 4.74 Å². The van der Waals surface area contributed by atoms with Crippen molar-refractivity contribution in [1.82, 2.24) is 8.75 Å². The Labute approximate surface area is 114 Å². The predicted octanol–water partition coefficient (Wildman–Crippen LogP) is 2.76.